The third-order valence-electron chi connectivity index (χ3n) is 2.56. The molecular formula is C13H17ClN2O2. The molecule has 4 nitrogen and oxygen atoms in total. The molecular weight excluding hydrogens is 252 g/mol. The zero-order chi connectivity index (χ0) is 13.5. The van der Waals surface area contributed by atoms with Crippen LogP contribution in [-0.4, -0.2) is 17.8 Å². The summed E-state index contributed by atoms with van der Waals surface area (Å²) in [5, 5.41) is 4.81. The number of benzene rings is 1. The van der Waals surface area contributed by atoms with E-state index in [1.165, 1.54) is 5.56 Å². The second-order valence-corrected chi connectivity index (χ2v) is 4.31. The number of aryl methyl sites for hydroxylation is 2. The van der Waals surface area contributed by atoms with Gasteiger partial charge in [-0.1, -0.05) is 13.0 Å². The number of hydrogen-bond donors (Lipinski definition) is 2. The maximum Gasteiger partial charge on any atom is 0.325 e. The van der Waals surface area contributed by atoms with Crippen molar-refractivity contribution in [2.24, 2.45) is 0 Å². The molecule has 1 aromatic carbocycles. The van der Waals surface area contributed by atoms with Crippen LogP contribution in [0.2, 0.25) is 0 Å². The molecule has 0 atom stereocenters. The van der Waals surface area contributed by atoms with Crippen LogP contribution in [-0.2, 0) is 11.2 Å². The minimum absolute atomic E-state index is 0.128. The van der Waals surface area contributed by atoms with E-state index in [1.54, 1.807) is 0 Å². The SMILES string of the molecule is CCc1ccc(NC(=O)NC(=O)CCCl)cc1C. The van der Waals surface area contributed by atoms with Gasteiger partial charge in [0.15, 0.2) is 0 Å². The standard InChI is InChI=1S/C13H17ClN2O2/c1-3-10-4-5-11(8-9(10)2)15-13(18)16-12(17)6-7-14/h4-5,8H,3,6-7H2,1-2H3,(H2,15,16,17,18). The molecule has 0 heterocycles. The van der Waals surface area contributed by atoms with E-state index in [4.69, 9.17) is 11.6 Å². The second-order valence-electron chi connectivity index (χ2n) is 3.94. The Morgan fingerprint density at radius 2 is 2.06 bits per heavy atom. The van der Waals surface area contributed by atoms with Crippen molar-refractivity contribution in [2.45, 2.75) is 26.7 Å². The van der Waals surface area contributed by atoms with Gasteiger partial charge in [-0.3, -0.25) is 10.1 Å². The van der Waals surface area contributed by atoms with E-state index in [0.717, 1.165) is 12.0 Å². The Morgan fingerprint density at radius 1 is 1.33 bits per heavy atom. The van der Waals surface area contributed by atoms with Crippen LogP contribution in [0.1, 0.15) is 24.5 Å². The lowest BCUT2D eigenvalue weighted by Gasteiger charge is -2.09. The summed E-state index contributed by atoms with van der Waals surface area (Å²) in [4.78, 5) is 22.6. The van der Waals surface area contributed by atoms with E-state index < -0.39 is 6.03 Å². The Kier molecular flexibility index (Phi) is 5.65. The Bertz CT molecular complexity index is 447. The quantitative estimate of drug-likeness (QED) is 0.825. The van der Waals surface area contributed by atoms with Crippen molar-refractivity contribution in [1.82, 2.24) is 5.32 Å². The zero-order valence-electron chi connectivity index (χ0n) is 10.5. The number of carbonyl (C=O) groups excluding carboxylic acids is 2. The molecule has 0 aliphatic rings. The number of imide groups is 1. The molecule has 0 fully saturated rings. The highest BCUT2D eigenvalue weighted by atomic mass is 35.5. The lowest BCUT2D eigenvalue weighted by Crippen LogP contribution is -2.34. The van der Waals surface area contributed by atoms with Gasteiger partial charge in [0, 0.05) is 18.0 Å². The molecule has 0 saturated carbocycles. The fourth-order valence-electron chi connectivity index (χ4n) is 1.61. The maximum absolute atomic E-state index is 11.5. The van der Waals surface area contributed by atoms with Gasteiger partial charge < -0.3 is 5.32 Å². The van der Waals surface area contributed by atoms with Crippen LogP contribution < -0.4 is 10.6 Å². The molecule has 0 spiro atoms. The van der Waals surface area contributed by atoms with Crippen molar-refractivity contribution < 1.29 is 9.59 Å². The molecule has 3 amide bonds. The van der Waals surface area contributed by atoms with Gasteiger partial charge in [-0.05, 0) is 36.6 Å². The third kappa shape index (κ3) is 4.37. The van der Waals surface area contributed by atoms with Crippen LogP contribution in [0.15, 0.2) is 18.2 Å². The monoisotopic (exact) mass is 268 g/mol. The van der Waals surface area contributed by atoms with Crippen molar-refractivity contribution in [3.63, 3.8) is 0 Å². The molecule has 18 heavy (non-hydrogen) atoms. The molecule has 0 unspecified atom stereocenters. The largest absolute Gasteiger partial charge is 0.325 e. The minimum Gasteiger partial charge on any atom is -0.308 e. The number of nitrogens with one attached hydrogen (secondary N) is 2. The second kappa shape index (κ2) is 7.01. The zero-order valence-corrected chi connectivity index (χ0v) is 11.3. The number of hydrogen-bond acceptors (Lipinski definition) is 2. The van der Waals surface area contributed by atoms with E-state index in [0.29, 0.717) is 5.69 Å². The lowest BCUT2D eigenvalue weighted by atomic mass is 10.1. The smallest absolute Gasteiger partial charge is 0.308 e. The van der Waals surface area contributed by atoms with Crippen LogP contribution >= 0.6 is 11.6 Å². The lowest BCUT2D eigenvalue weighted by molar-refractivity contribution is -0.119. The summed E-state index contributed by atoms with van der Waals surface area (Å²) in [6, 6.07) is 5.13. The van der Waals surface area contributed by atoms with E-state index in [9.17, 15) is 9.59 Å². The van der Waals surface area contributed by atoms with Crippen LogP contribution in [0.3, 0.4) is 0 Å². The summed E-state index contributed by atoms with van der Waals surface area (Å²) < 4.78 is 0. The number of amides is 3. The summed E-state index contributed by atoms with van der Waals surface area (Å²) in [6.07, 6.45) is 1.08. The molecule has 0 bridgehead atoms. The van der Waals surface area contributed by atoms with Crippen molar-refractivity contribution in [2.75, 3.05) is 11.2 Å². The van der Waals surface area contributed by atoms with Gasteiger partial charge in [0.2, 0.25) is 5.91 Å². The number of halogens is 1. The molecule has 1 aromatic rings. The van der Waals surface area contributed by atoms with Gasteiger partial charge in [0.1, 0.15) is 0 Å². The number of urea groups is 1. The van der Waals surface area contributed by atoms with Crippen molar-refractivity contribution >= 4 is 29.2 Å². The fraction of sp³-hybridized carbons (Fsp3) is 0.385. The minimum atomic E-state index is -0.534. The maximum atomic E-state index is 11.5. The van der Waals surface area contributed by atoms with Gasteiger partial charge >= 0.3 is 6.03 Å². The highest BCUT2D eigenvalue weighted by Gasteiger charge is 2.07. The van der Waals surface area contributed by atoms with E-state index in [2.05, 4.69) is 17.6 Å². The summed E-state index contributed by atoms with van der Waals surface area (Å²) in [7, 11) is 0. The van der Waals surface area contributed by atoms with E-state index in [1.807, 2.05) is 25.1 Å². The van der Waals surface area contributed by atoms with Crippen molar-refractivity contribution in [3.05, 3.63) is 29.3 Å². The summed E-state index contributed by atoms with van der Waals surface area (Å²) in [5.41, 5.74) is 3.02. The Morgan fingerprint density at radius 3 is 2.61 bits per heavy atom. The van der Waals surface area contributed by atoms with Gasteiger partial charge in [-0.15, -0.1) is 11.6 Å². The van der Waals surface area contributed by atoms with Gasteiger partial charge in [0.05, 0.1) is 0 Å². The average Bonchev–Trinajstić information content (AvgIpc) is 2.29. The predicted octanol–water partition coefficient (Wildman–Crippen LogP) is 2.83. The summed E-state index contributed by atoms with van der Waals surface area (Å²) in [6.45, 7) is 4.06. The van der Waals surface area contributed by atoms with Crippen LogP contribution in [0.25, 0.3) is 0 Å². The first-order valence-corrected chi connectivity index (χ1v) is 6.36. The predicted molar refractivity (Wildman–Crippen MR) is 73.1 cm³/mol. The molecule has 98 valence electrons. The van der Waals surface area contributed by atoms with Crippen LogP contribution in [0.4, 0.5) is 10.5 Å². The molecule has 0 saturated heterocycles. The number of rotatable bonds is 4. The number of anilines is 1. The average molecular weight is 269 g/mol. The Balaban J connectivity index is 2.59. The molecule has 1 rings (SSSR count). The van der Waals surface area contributed by atoms with Crippen molar-refractivity contribution in [3.8, 4) is 0 Å². The summed E-state index contributed by atoms with van der Waals surface area (Å²) in [5.74, 6) is -0.187. The van der Waals surface area contributed by atoms with Gasteiger partial charge in [0.25, 0.3) is 0 Å². The van der Waals surface area contributed by atoms with Crippen molar-refractivity contribution in [1.29, 1.82) is 0 Å². The first-order valence-electron chi connectivity index (χ1n) is 5.83. The third-order valence-corrected chi connectivity index (χ3v) is 2.74. The molecule has 0 aliphatic carbocycles. The first-order chi connectivity index (χ1) is 8.56. The molecule has 0 aromatic heterocycles. The van der Waals surface area contributed by atoms with Crippen LogP contribution in [0.5, 0.6) is 0 Å². The molecule has 5 heteroatoms. The van der Waals surface area contributed by atoms with Gasteiger partial charge in [-0.2, -0.15) is 0 Å². The van der Waals surface area contributed by atoms with Crippen LogP contribution in [0, 0.1) is 6.92 Å². The van der Waals surface area contributed by atoms with E-state index >= 15 is 0 Å². The first kappa shape index (κ1) is 14.5. The topological polar surface area (TPSA) is 58.2 Å². The normalized spacial score (nSPS) is 9.94. The van der Waals surface area contributed by atoms with E-state index in [-0.39, 0.29) is 18.2 Å². The van der Waals surface area contributed by atoms with Gasteiger partial charge in [-0.25, -0.2) is 4.79 Å². The molecule has 0 radical (unpaired) electrons. The molecule has 2 N–H and O–H groups in total. The highest BCUT2D eigenvalue weighted by Crippen LogP contribution is 2.15. The summed E-state index contributed by atoms with van der Waals surface area (Å²) >= 11 is 5.40. The molecule has 0 aliphatic heterocycles. The Labute approximate surface area is 112 Å². The fourth-order valence-corrected chi connectivity index (χ4v) is 1.78. The number of alkyl halides is 1. The highest BCUT2D eigenvalue weighted by molar-refractivity contribution is 6.19. The Hall–Kier alpha value is -1.55. The number of carbonyl (C=O) groups is 2.